The Kier molecular flexibility index (Phi) is 6.00. The average Bonchev–Trinajstić information content (AvgIpc) is 3.24. The summed E-state index contributed by atoms with van der Waals surface area (Å²) in [6, 6.07) is 19.7. The van der Waals surface area contributed by atoms with E-state index >= 15 is 0 Å². The molecule has 158 valence electrons. The number of thiazole rings is 1. The molecule has 5 nitrogen and oxygen atoms in total. The number of aryl methyl sites for hydroxylation is 1. The fraction of sp³-hybridized carbons (Fsp3) is 0.0870. The highest BCUT2D eigenvalue weighted by Gasteiger charge is 2.20. The van der Waals surface area contributed by atoms with Crippen molar-refractivity contribution in [3.8, 4) is 27.6 Å². The van der Waals surface area contributed by atoms with Gasteiger partial charge in [-0.1, -0.05) is 48.0 Å². The molecule has 0 saturated carbocycles. The molecule has 0 saturated heterocycles. The Morgan fingerprint density at radius 1 is 1.03 bits per heavy atom. The third kappa shape index (κ3) is 4.58. The molecule has 0 spiro atoms. The highest BCUT2D eigenvalue weighted by molar-refractivity contribution is 7.92. The Morgan fingerprint density at radius 3 is 2.61 bits per heavy atom. The largest absolute Gasteiger partial charge is 0.495 e. The SMILES string of the molecule is COc1ccc(C)cc1S(=O)(=O)Nc1cccc(-c2csc(-c3ccccc3Cl)n2)c1. The van der Waals surface area contributed by atoms with Crippen molar-refractivity contribution in [3.05, 3.63) is 82.7 Å². The number of benzene rings is 3. The summed E-state index contributed by atoms with van der Waals surface area (Å²) in [6.07, 6.45) is 0. The monoisotopic (exact) mass is 470 g/mol. The van der Waals surface area contributed by atoms with E-state index in [9.17, 15) is 8.42 Å². The Morgan fingerprint density at radius 2 is 1.84 bits per heavy atom. The first kappa shape index (κ1) is 21.4. The first-order chi connectivity index (χ1) is 14.9. The number of ether oxygens (including phenoxy) is 1. The molecule has 4 aromatic rings. The van der Waals surface area contributed by atoms with Crippen LogP contribution in [0, 0.1) is 6.92 Å². The number of hydrogen-bond donors (Lipinski definition) is 1. The summed E-state index contributed by atoms with van der Waals surface area (Å²) in [5.74, 6) is 0.290. The minimum atomic E-state index is -3.83. The number of halogens is 1. The van der Waals surface area contributed by atoms with Crippen LogP contribution in [-0.4, -0.2) is 20.5 Å². The van der Waals surface area contributed by atoms with Crippen LogP contribution in [0.1, 0.15) is 5.56 Å². The predicted octanol–water partition coefficient (Wildman–Crippen LogP) is 6.25. The summed E-state index contributed by atoms with van der Waals surface area (Å²) in [5, 5.41) is 3.36. The van der Waals surface area contributed by atoms with Gasteiger partial charge in [-0.3, -0.25) is 4.72 Å². The van der Waals surface area contributed by atoms with Crippen LogP contribution in [0.5, 0.6) is 5.75 Å². The van der Waals surface area contributed by atoms with Crippen molar-refractivity contribution in [1.29, 1.82) is 0 Å². The molecule has 0 aliphatic heterocycles. The van der Waals surface area contributed by atoms with Crippen LogP contribution >= 0.6 is 22.9 Å². The third-order valence-corrected chi connectivity index (χ3v) is 7.24. The van der Waals surface area contributed by atoms with Gasteiger partial charge in [0.1, 0.15) is 15.7 Å². The molecule has 0 aliphatic rings. The summed E-state index contributed by atoms with van der Waals surface area (Å²) in [7, 11) is -2.38. The predicted molar refractivity (Wildman–Crippen MR) is 127 cm³/mol. The summed E-state index contributed by atoms with van der Waals surface area (Å²) in [6.45, 7) is 1.83. The van der Waals surface area contributed by atoms with Crippen molar-refractivity contribution in [2.45, 2.75) is 11.8 Å². The first-order valence-corrected chi connectivity index (χ1v) is 12.1. The van der Waals surface area contributed by atoms with Gasteiger partial charge in [0.15, 0.2) is 0 Å². The van der Waals surface area contributed by atoms with Crippen molar-refractivity contribution in [2.24, 2.45) is 0 Å². The number of hydrogen-bond acceptors (Lipinski definition) is 5. The summed E-state index contributed by atoms with van der Waals surface area (Å²) >= 11 is 7.77. The Balaban J connectivity index is 1.64. The lowest BCUT2D eigenvalue weighted by molar-refractivity contribution is 0.402. The highest BCUT2D eigenvalue weighted by atomic mass is 35.5. The van der Waals surface area contributed by atoms with Crippen molar-refractivity contribution < 1.29 is 13.2 Å². The summed E-state index contributed by atoms with van der Waals surface area (Å²) in [4.78, 5) is 4.78. The number of anilines is 1. The molecule has 1 heterocycles. The van der Waals surface area contributed by atoms with Gasteiger partial charge in [-0.2, -0.15) is 0 Å². The minimum absolute atomic E-state index is 0.0927. The molecule has 0 unspecified atom stereocenters. The number of nitrogens with zero attached hydrogens (tertiary/aromatic N) is 1. The lowest BCUT2D eigenvalue weighted by Gasteiger charge is -2.13. The molecule has 3 aromatic carbocycles. The average molecular weight is 471 g/mol. The van der Waals surface area contributed by atoms with E-state index in [-0.39, 0.29) is 10.6 Å². The normalized spacial score (nSPS) is 11.3. The maximum atomic E-state index is 13.0. The van der Waals surface area contributed by atoms with E-state index in [2.05, 4.69) is 9.71 Å². The van der Waals surface area contributed by atoms with Crippen molar-refractivity contribution in [1.82, 2.24) is 4.98 Å². The summed E-state index contributed by atoms with van der Waals surface area (Å²) in [5.41, 5.74) is 3.67. The molecule has 0 bridgehead atoms. The minimum Gasteiger partial charge on any atom is -0.495 e. The number of nitrogens with one attached hydrogen (secondary N) is 1. The molecule has 0 amide bonds. The fourth-order valence-corrected chi connectivity index (χ4v) is 5.56. The van der Waals surface area contributed by atoms with Crippen molar-refractivity contribution in [2.75, 3.05) is 11.8 Å². The van der Waals surface area contributed by atoms with Gasteiger partial charge in [0.2, 0.25) is 0 Å². The molecule has 1 N–H and O–H groups in total. The zero-order chi connectivity index (χ0) is 22.0. The van der Waals surface area contributed by atoms with Crippen LogP contribution < -0.4 is 9.46 Å². The molecule has 0 aliphatic carbocycles. The second-order valence-corrected chi connectivity index (χ2v) is 9.77. The molecule has 0 fully saturated rings. The van der Waals surface area contributed by atoms with Gasteiger partial charge < -0.3 is 4.74 Å². The maximum absolute atomic E-state index is 13.0. The molecular formula is C23H19ClN2O3S2. The van der Waals surface area contributed by atoms with E-state index in [1.165, 1.54) is 18.4 Å². The van der Waals surface area contributed by atoms with Gasteiger partial charge in [0, 0.05) is 22.2 Å². The van der Waals surface area contributed by atoms with Gasteiger partial charge in [-0.05, 0) is 42.8 Å². The van der Waals surface area contributed by atoms with Crippen LogP contribution in [0.3, 0.4) is 0 Å². The van der Waals surface area contributed by atoms with Crippen LogP contribution in [-0.2, 0) is 10.0 Å². The quantitative estimate of drug-likeness (QED) is 0.361. The number of aromatic nitrogens is 1. The Hall–Kier alpha value is -2.87. The molecule has 8 heteroatoms. The number of sulfonamides is 1. The lowest BCUT2D eigenvalue weighted by atomic mass is 10.1. The van der Waals surface area contributed by atoms with E-state index in [1.807, 2.05) is 42.6 Å². The van der Waals surface area contributed by atoms with Crippen LogP contribution in [0.2, 0.25) is 5.02 Å². The van der Waals surface area contributed by atoms with Crippen LogP contribution in [0.15, 0.2) is 77.0 Å². The molecule has 0 atom stereocenters. The molecule has 31 heavy (non-hydrogen) atoms. The third-order valence-electron chi connectivity index (χ3n) is 4.63. The first-order valence-electron chi connectivity index (χ1n) is 9.36. The zero-order valence-corrected chi connectivity index (χ0v) is 19.2. The molecule has 0 radical (unpaired) electrons. The maximum Gasteiger partial charge on any atom is 0.265 e. The molecule has 1 aromatic heterocycles. The fourth-order valence-electron chi connectivity index (χ4n) is 3.11. The Bertz CT molecular complexity index is 1350. The van der Waals surface area contributed by atoms with Gasteiger partial charge in [-0.15, -0.1) is 11.3 Å². The van der Waals surface area contributed by atoms with Gasteiger partial charge >= 0.3 is 0 Å². The standard InChI is InChI=1S/C23H19ClN2O3S2/c1-15-10-11-21(29-2)22(12-15)31(27,28)26-17-7-5-6-16(13-17)20-14-30-23(25-20)18-8-3-4-9-19(18)24/h3-14,26H,1-2H3. The number of methoxy groups -OCH3 is 1. The Labute approximate surface area is 190 Å². The van der Waals surface area contributed by atoms with Crippen molar-refractivity contribution in [3.63, 3.8) is 0 Å². The van der Waals surface area contributed by atoms with E-state index < -0.39 is 10.0 Å². The smallest absolute Gasteiger partial charge is 0.265 e. The van der Waals surface area contributed by atoms with Gasteiger partial charge in [-0.25, -0.2) is 13.4 Å². The van der Waals surface area contributed by atoms with Crippen LogP contribution in [0.4, 0.5) is 5.69 Å². The lowest BCUT2D eigenvalue weighted by Crippen LogP contribution is -2.14. The summed E-state index contributed by atoms with van der Waals surface area (Å²) < 4.78 is 33.9. The topological polar surface area (TPSA) is 68.3 Å². The second kappa shape index (κ2) is 8.70. The highest BCUT2D eigenvalue weighted by Crippen LogP contribution is 2.34. The van der Waals surface area contributed by atoms with Crippen molar-refractivity contribution >= 4 is 38.6 Å². The molecule has 4 rings (SSSR count). The van der Waals surface area contributed by atoms with E-state index in [0.717, 1.165) is 27.4 Å². The second-order valence-electron chi connectivity index (χ2n) is 6.86. The van der Waals surface area contributed by atoms with E-state index in [1.54, 1.807) is 36.4 Å². The van der Waals surface area contributed by atoms with Gasteiger partial charge in [0.25, 0.3) is 10.0 Å². The number of rotatable bonds is 6. The van der Waals surface area contributed by atoms with Crippen LogP contribution in [0.25, 0.3) is 21.8 Å². The van der Waals surface area contributed by atoms with E-state index in [0.29, 0.717) is 10.7 Å². The molecular weight excluding hydrogens is 452 g/mol. The van der Waals surface area contributed by atoms with Gasteiger partial charge in [0.05, 0.1) is 17.8 Å². The van der Waals surface area contributed by atoms with E-state index in [4.69, 9.17) is 16.3 Å². The zero-order valence-electron chi connectivity index (χ0n) is 16.8.